The third kappa shape index (κ3) is 4.93. The Labute approximate surface area is 138 Å². The molecule has 0 spiro atoms. The van der Waals surface area contributed by atoms with Crippen LogP contribution in [0.25, 0.3) is 0 Å². The maximum absolute atomic E-state index is 14.2. The summed E-state index contributed by atoms with van der Waals surface area (Å²) >= 11 is 0. The van der Waals surface area contributed by atoms with Crippen LogP contribution in [0, 0.1) is 5.92 Å². The first kappa shape index (κ1) is 17.7. The first-order chi connectivity index (χ1) is 10.8. The van der Waals surface area contributed by atoms with Gasteiger partial charge in [0, 0.05) is 38.1 Å². The standard InChI is InChI=1S/C18H27FN2O2/c1-18(2,3)21-11-15(16(19)12-21)10-20(4)17(22)23-13-14-8-6-5-7-9-14/h5-9,15-16H,10-13H2,1-4H3. The summed E-state index contributed by atoms with van der Waals surface area (Å²) in [6, 6.07) is 9.53. The molecule has 0 aromatic heterocycles. The molecule has 1 amide bonds. The van der Waals surface area contributed by atoms with Crippen molar-refractivity contribution in [3.8, 4) is 0 Å². The van der Waals surface area contributed by atoms with Crippen molar-refractivity contribution in [1.29, 1.82) is 0 Å². The molecule has 2 rings (SSSR count). The quantitative estimate of drug-likeness (QED) is 0.852. The molecule has 1 aromatic rings. The number of alkyl halides is 1. The van der Waals surface area contributed by atoms with E-state index in [0.29, 0.717) is 19.6 Å². The summed E-state index contributed by atoms with van der Waals surface area (Å²) in [5, 5.41) is 0. The van der Waals surface area contributed by atoms with Gasteiger partial charge in [0.1, 0.15) is 12.8 Å². The average molecular weight is 322 g/mol. The van der Waals surface area contributed by atoms with Gasteiger partial charge in [0.05, 0.1) is 0 Å². The van der Waals surface area contributed by atoms with Gasteiger partial charge in [-0.3, -0.25) is 4.90 Å². The number of ether oxygens (including phenoxy) is 1. The number of hydrogen-bond acceptors (Lipinski definition) is 3. The third-order valence-electron chi connectivity index (χ3n) is 4.34. The minimum atomic E-state index is -0.904. The molecule has 5 heteroatoms. The molecule has 1 saturated heterocycles. The highest BCUT2D eigenvalue weighted by Gasteiger charge is 2.38. The molecule has 23 heavy (non-hydrogen) atoms. The monoisotopic (exact) mass is 322 g/mol. The van der Waals surface area contributed by atoms with E-state index in [9.17, 15) is 9.18 Å². The van der Waals surface area contributed by atoms with Gasteiger partial charge in [-0.25, -0.2) is 9.18 Å². The number of amides is 1. The molecule has 0 aliphatic carbocycles. The fourth-order valence-electron chi connectivity index (χ4n) is 2.81. The Bertz CT molecular complexity index is 516. The van der Waals surface area contributed by atoms with Gasteiger partial charge in [-0.1, -0.05) is 30.3 Å². The topological polar surface area (TPSA) is 32.8 Å². The summed E-state index contributed by atoms with van der Waals surface area (Å²) < 4.78 is 19.5. The smallest absolute Gasteiger partial charge is 0.409 e. The zero-order valence-corrected chi connectivity index (χ0v) is 14.5. The Morgan fingerprint density at radius 2 is 1.96 bits per heavy atom. The van der Waals surface area contributed by atoms with Crippen LogP contribution in [0.15, 0.2) is 30.3 Å². The van der Waals surface area contributed by atoms with Gasteiger partial charge in [0.25, 0.3) is 0 Å². The van der Waals surface area contributed by atoms with Gasteiger partial charge in [-0.15, -0.1) is 0 Å². The minimum absolute atomic E-state index is 0.0501. The van der Waals surface area contributed by atoms with E-state index >= 15 is 0 Å². The molecule has 1 aliphatic heterocycles. The molecule has 1 heterocycles. The number of rotatable bonds is 4. The van der Waals surface area contributed by atoms with Crippen LogP contribution in [0.4, 0.5) is 9.18 Å². The fourth-order valence-corrected chi connectivity index (χ4v) is 2.81. The van der Waals surface area contributed by atoms with E-state index in [4.69, 9.17) is 4.74 Å². The van der Waals surface area contributed by atoms with Crippen molar-refractivity contribution in [2.24, 2.45) is 5.92 Å². The first-order valence-corrected chi connectivity index (χ1v) is 8.08. The van der Waals surface area contributed by atoms with Crippen molar-refractivity contribution in [2.45, 2.75) is 39.1 Å². The number of carbonyl (C=O) groups is 1. The molecule has 128 valence electrons. The minimum Gasteiger partial charge on any atom is -0.445 e. The molecule has 0 radical (unpaired) electrons. The maximum Gasteiger partial charge on any atom is 0.409 e. The van der Waals surface area contributed by atoms with Crippen LogP contribution in [-0.2, 0) is 11.3 Å². The van der Waals surface area contributed by atoms with Gasteiger partial charge in [0.15, 0.2) is 0 Å². The Balaban J connectivity index is 1.82. The lowest BCUT2D eigenvalue weighted by Gasteiger charge is -2.31. The summed E-state index contributed by atoms with van der Waals surface area (Å²) in [5.74, 6) is -0.163. The first-order valence-electron chi connectivity index (χ1n) is 8.08. The second-order valence-electron chi connectivity index (χ2n) is 7.27. The van der Waals surface area contributed by atoms with Crippen molar-refractivity contribution in [3.63, 3.8) is 0 Å². The van der Waals surface area contributed by atoms with E-state index < -0.39 is 12.3 Å². The van der Waals surface area contributed by atoms with Crippen LogP contribution < -0.4 is 0 Å². The van der Waals surface area contributed by atoms with Crippen LogP contribution in [0.3, 0.4) is 0 Å². The maximum atomic E-state index is 14.2. The van der Waals surface area contributed by atoms with E-state index in [1.54, 1.807) is 7.05 Å². The number of carbonyl (C=O) groups excluding carboxylic acids is 1. The van der Waals surface area contributed by atoms with E-state index in [0.717, 1.165) is 5.56 Å². The number of halogens is 1. The molecule has 1 fully saturated rings. The molecular formula is C18H27FN2O2. The summed E-state index contributed by atoms with van der Waals surface area (Å²) in [7, 11) is 1.67. The Kier molecular flexibility index (Phi) is 5.63. The van der Waals surface area contributed by atoms with Gasteiger partial charge in [-0.2, -0.15) is 0 Å². The third-order valence-corrected chi connectivity index (χ3v) is 4.34. The Hall–Kier alpha value is -1.62. The number of hydrogen-bond donors (Lipinski definition) is 0. The summed E-state index contributed by atoms with van der Waals surface area (Å²) in [5.41, 5.74) is 0.892. The molecule has 2 unspecified atom stereocenters. The lowest BCUT2D eigenvalue weighted by molar-refractivity contribution is 0.0951. The molecule has 2 atom stereocenters. The summed E-state index contributed by atoms with van der Waals surface area (Å²) in [6.07, 6.45) is -1.31. The van der Waals surface area contributed by atoms with Gasteiger partial charge in [0.2, 0.25) is 0 Å². The molecular weight excluding hydrogens is 295 g/mol. The van der Waals surface area contributed by atoms with E-state index in [-0.39, 0.29) is 18.1 Å². The lowest BCUT2D eigenvalue weighted by Crippen LogP contribution is -2.40. The highest BCUT2D eigenvalue weighted by molar-refractivity contribution is 5.67. The fraction of sp³-hybridized carbons (Fsp3) is 0.611. The van der Waals surface area contributed by atoms with Crippen LogP contribution >= 0.6 is 0 Å². The van der Waals surface area contributed by atoms with E-state index in [1.165, 1.54) is 4.90 Å². The van der Waals surface area contributed by atoms with Crippen LogP contribution in [-0.4, -0.2) is 54.3 Å². The molecule has 0 bridgehead atoms. The molecule has 1 aromatic carbocycles. The molecule has 4 nitrogen and oxygen atoms in total. The zero-order chi connectivity index (χ0) is 17.0. The van der Waals surface area contributed by atoms with Crippen LogP contribution in [0.1, 0.15) is 26.3 Å². The van der Waals surface area contributed by atoms with Crippen molar-refractivity contribution in [1.82, 2.24) is 9.80 Å². The highest BCUT2D eigenvalue weighted by Crippen LogP contribution is 2.27. The van der Waals surface area contributed by atoms with Gasteiger partial charge < -0.3 is 9.64 Å². The largest absolute Gasteiger partial charge is 0.445 e. The van der Waals surface area contributed by atoms with Crippen molar-refractivity contribution >= 4 is 6.09 Å². The van der Waals surface area contributed by atoms with Crippen LogP contribution in [0.2, 0.25) is 0 Å². The highest BCUT2D eigenvalue weighted by atomic mass is 19.1. The summed E-state index contributed by atoms with van der Waals surface area (Å²) in [6.45, 7) is 7.96. The van der Waals surface area contributed by atoms with Crippen LogP contribution in [0.5, 0.6) is 0 Å². The predicted molar refractivity (Wildman–Crippen MR) is 89.0 cm³/mol. The van der Waals surface area contributed by atoms with Gasteiger partial charge >= 0.3 is 6.09 Å². The molecule has 1 aliphatic rings. The Morgan fingerprint density at radius 1 is 1.30 bits per heavy atom. The van der Waals surface area contributed by atoms with E-state index in [1.807, 2.05) is 30.3 Å². The second kappa shape index (κ2) is 7.30. The summed E-state index contributed by atoms with van der Waals surface area (Å²) in [4.78, 5) is 15.7. The average Bonchev–Trinajstić information content (AvgIpc) is 2.87. The van der Waals surface area contributed by atoms with Gasteiger partial charge in [-0.05, 0) is 26.3 Å². The van der Waals surface area contributed by atoms with E-state index in [2.05, 4.69) is 25.7 Å². The van der Waals surface area contributed by atoms with Crippen molar-refractivity contribution in [2.75, 3.05) is 26.7 Å². The molecule has 0 saturated carbocycles. The predicted octanol–water partition coefficient (Wildman–Crippen LogP) is 3.32. The number of likely N-dealkylation sites (tertiary alicyclic amines) is 1. The number of benzene rings is 1. The molecule has 0 N–H and O–H groups in total. The van der Waals surface area contributed by atoms with Crippen molar-refractivity contribution < 1.29 is 13.9 Å². The Morgan fingerprint density at radius 3 is 2.52 bits per heavy atom. The SMILES string of the molecule is CN(CC1CN(C(C)(C)C)CC1F)C(=O)OCc1ccccc1. The zero-order valence-electron chi connectivity index (χ0n) is 14.5. The normalized spacial score (nSPS) is 22.1. The van der Waals surface area contributed by atoms with Crippen molar-refractivity contribution in [3.05, 3.63) is 35.9 Å². The second-order valence-corrected chi connectivity index (χ2v) is 7.27. The lowest BCUT2D eigenvalue weighted by atomic mass is 10.1. The number of nitrogens with zero attached hydrogens (tertiary/aromatic N) is 2.